The molecule has 0 spiro atoms. The highest BCUT2D eigenvalue weighted by Crippen LogP contribution is 2.43. The minimum atomic E-state index is -0.772. The smallest absolute Gasteiger partial charge is 0.308 e. The van der Waals surface area contributed by atoms with Crippen molar-refractivity contribution in [1.29, 1.82) is 0 Å². The van der Waals surface area contributed by atoms with Crippen LogP contribution in [0.15, 0.2) is 0 Å². The zero-order valence-corrected chi connectivity index (χ0v) is 10.6. The predicted octanol–water partition coefficient (Wildman–Crippen LogP) is 1.75. The first kappa shape index (κ1) is 12.4. The summed E-state index contributed by atoms with van der Waals surface area (Å²) in [6.07, 6.45) is 3.77. The van der Waals surface area contributed by atoms with E-state index in [2.05, 4.69) is 13.8 Å². The first-order valence-corrected chi connectivity index (χ1v) is 6.43. The van der Waals surface area contributed by atoms with E-state index in [0.29, 0.717) is 19.5 Å². The van der Waals surface area contributed by atoms with Gasteiger partial charge in [-0.3, -0.25) is 9.59 Å². The summed E-state index contributed by atoms with van der Waals surface area (Å²) in [5.74, 6) is -0.860. The number of carboxylic acid groups (broad SMARTS) is 1. The third-order valence-corrected chi connectivity index (χ3v) is 4.40. The zero-order chi connectivity index (χ0) is 12.6. The van der Waals surface area contributed by atoms with E-state index < -0.39 is 5.97 Å². The molecule has 0 aromatic carbocycles. The van der Waals surface area contributed by atoms with E-state index in [0.717, 1.165) is 19.3 Å². The fourth-order valence-corrected chi connectivity index (χ4v) is 3.17. The van der Waals surface area contributed by atoms with Gasteiger partial charge in [0.05, 0.1) is 5.92 Å². The van der Waals surface area contributed by atoms with Gasteiger partial charge in [0.1, 0.15) is 0 Å². The Kier molecular flexibility index (Phi) is 3.15. The number of carbonyl (C=O) groups excluding carboxylic acids is 1. The molecule has 0 bridgehead atoms. The van der Waals surface area contributed by atoms with Gasteiger partial charge in [-0.15, -0.1) is 0 Å². The second-order valence-corrected chi connectivity index (χ2v) is 6.04. The molecule has 4 heteroatoms. The van der Waals surface area contributed by atoms with Crippen LogP contribution in [-0.2, 0) is 9.59 Å². The van der Waals surface area contributed by atoms with Crippen LogP contribution in [0.25, 0.3) is 0 Å². The zero-order valence-electron chi connectivity index (χ0n) is 10.6. The Morgan fingerprint density at radius 3 is 2.47 bits per heavy atom. The molecule has 4 nitrogen and oxygen atoms in total. The van der Waals surface area contributed by atoms with Crippen molar-refractivity contribution in [3.8, 4) is 0 Å². The number of hydrogen-bond acceptors (Lipinski definition) is 2. The molecular weight excluding hydrogens is 218 g/mol. The molecule has 1 aliphatic carbocycles. The van der Waals surface area contributed by atoms with Gasteiger partial charge < -0.3 is 10.0 Å². The van der Waals surface area contributed by atoms with E-state index in [-0.39, 0.29) is 23.2 Å². The van der Waals surface area contributed by atoms with Crippen molar-refractivity contribution in [1.82, 2.24) is 4.90 Å². The maximum atomic E-state index is 12.4. The molecule has 0 radical (unpaired) electrons. The largest absolute Gasteiger partial charge is 0.481 e. The summed E-state index contributed by atoms with van der Waals surface area (Å²) >= 11 is 0. The first-order valence-electron chi connectivity index (χ1n) is 6.43. The molecule has 2 atom stereocenters. The van der Waals surface area contributed by atoms with E-state index in [1.54, 1.807) is 4.90 Å². The lowest BCUT2D eigenvalue weighted by atomic mass is 9.81. The third kappa shape index (κ3) is 2.31. The number of hydrogen-bond donors (Lipinski definition) is 1. The predicted molar refractivity (Wildman–Crippen MR) is 63.4 cm³/mol. The van der Waals surface area contributed by atoms with E-state index in [4.69, 9.17) is 5.11 Å². The van der Waals surface area contributed by atoms with Crippen LogP contribution in [0.1, 0.15) is 39.5 Å². The summed E-state index contributed by atoms with van der Waals surface area (Å²) in [4.78, 5) is 25.0. The van der Waals surface area contributed by atoms with Crippen LogP contribution in [0.2, 0.25) is 0 Å². The van der Waals surface area contributed by atoms with Crippen molar-refractivity contribution >= 4 is 11.9 Å². The molecule has 0 aromatic rings. The quantitative estimate of drug-likeness (QED) is 0.798. The summed E-state index contributed by atoms with van der Waals surface area (Å²) in [7, 11) is 0. The lowest BCUT2D eigenvalue weighted by Crippen LogP contribution is -2.39. The number of carbonyl (C=O) groups is 2. The summed E-state index contributed by atoms with van der Waals surface area (Å²) in [5, 5.41) is 8.94. The number of likely N-dealkylation sites (tertiary alicyclic amines) is 1. The van der Waals surface area contributed by atoms with Crippen molar-refractivity contribution in [2.45, 2.75) is 39.5 Å². The Morgan fingerprint density at radius 1 is 1.29 bits per heavy atom. The van der Waals surface area contributed by atoms with E-state index >= 15 is 0 Å². The van der Waals surface area contributed by atoms with Gasteiger partial charge in [-0.1, -0.05) is 20.3 Å². The summed E-state index contributed by atoms with van der Waals surface area (Å²) in [5.41, 5.74) is 0.0817. The molecular formula is C13H21NO3. The van der Waals surface area contributed by atoms with Gasteiger partial charge in [-0.25, -0.2) is 0 Å². The maximum absolute atomic E-state index is 12.4. The molecule has 2 unspecified atom stereocenters. The van der Waals surface area contributed by atoms with Gasteiger partial charge >= 0.3 is 5.97 Å². The van der Waals surface area contributed by atoms with Gasteiger partial charge in [0.15, 0.2) is 0 Å². The number of rotatable bonds is 2. The van der Waals surface area contributed by atoms with Crippen LogP contribution in [0.3, 0.4) is 0 Å². The van der Waals surface area contributed by atoms with Crippen molar-refractivity contribution in [3.63, 3.8) is 0 Å². The molecule has 0 aromatic heterocycles. The summed E-state index contributed by atoms with van der Waals surface area (Å²) < 4.78 is 0. The van der Waals surface area contributed by atoms with Gasteiger partial charge in [-0.2, -0.15) is 0 Å². The number of nitrogens with zero attached hydrogens (tertiary/aromatic N) is 1. The number of amides is 1. The molecule has 1 aliphatic heterocycles. The Morgan fingerprint density at radius 2 is 2.00 bits per heavy atom. The topological polar surface area (TPSA) is 57.6 Å². The molecule has 1 saturated carbocycles. The molecule has 2 rings (SSSR count). The van der Waals surface area contributed by atoms with Crippen LogP contribution < -0.4 is 0 Å². The second-order valence-electron chi connectivity index (χ2n) is 6.04. The van der Waals surface area contributed by atoms with Crippen LogP contribution in [0, 0.1) is 17.3 Å². The number of carboxylic acids is 1. The Bertz CT molecular complexity index is 338. The Balaban J connectivity index is 2.00. The number of aliphatic carboxylic acids is 1. The fourth-order valence-electron chi connectivity index (χ4n) is 3.17. The SMILES string of the molecule is CC1(C)CCCC1C(=O)N1CCC(C(=O)O)C1. The van der Waals surface area contributed by atoms with Crippen LogP contribution in [-0.4, -0.2) is 35.0 Å². The molecule has 1 heterocycles. The highest BCUT2D eigenvalue weighted by molar-refractivity contribution is 5.81. The van der Waals surface area contributed by atoms with Crippen molar-refractivity contribution in [2.24, 2.45) is 17.3 Å². The van der Waals surface area contributed by atoms with Gasteiger partial charge in [0, 0.05) is 19.0 Å². The van der Waals surface area contributed by atoms with Crippen LogP contribution >= 0.6 is 0 Å². The van der Waals surface area contributed by atoms with E-state index in [1.165, 1.54) is 0 Å². The highest BCUT2D eigenvalue weighted by Gasteiger charge is 2.43. The van der Waals surface area contributed by atoms with Crippen molar-refractivity contribution in [3.05, 3.63) is 0 Å². The normalized spacial score (nSPS) is 31.8. The minimum absolute atomic E-state index is 0.0817. The summed E-state index contributed by atoms with van der Waals surface area (Å²) in [6.45, 7) is 5.31. The van der Waals surface area contributed by atoms with Crippen LogP contribution in [0.5, 0.6) is 0 Å². The van der Waals surface area contributed by atoms with Gasteiger partial charge in [-0.05, 0) is 24.7 Å². The molecule has 2 aliphatic rings. The first-order chi connectivity index (χ1) is 7.92. The van der Waals surface area contributed by atoms with Crippen molar-refractivity contribution in [2.75, 3.05) is 13.1 Å². The molecule has 2 fully saturated rings. The van der Waals surface area contributed by atoms with Crippen molar-refractivity contribution < 1.29 is 14.7 Å². The monoisotopic (exact) mass is 239 g/mol. The highest BCUT2D eigenvalue weighted by atomic mass is 16.4. The molecule has 17 heavy (non-hydrogen) atoms. The molecule has 96 valence electrons. The summed E-state index contributed by atoms with van der Waals surface area (Å²) in [6, 6.07) is 0. The minimum Gasteiger partial charge on any atom is -0.481 e. The van der Waals surface area contributed by atoms with Gasteiger partial charge in [0.2, 0.25) is 5.91 Å². The third-order valence-electron chi connectivity index (χ3n) is 4.40. The maximum Gasteiger partial charge on any atom is 0.308 e. The Hall–Kier alpha value is -1.06. The average Bonchev–Trinajstić information content (AvgIpc) is 2.82. The molecule has 1 N–H and O–H groups in total. The van der Waals surface area contributed by atoms with E-state index in [9.17, 15) is 9.59 Å². The lowest BCUT2D eigenvalue weighted by Gasteiger charge is -2.29. The van der Waals surface area contributed by atoms with Crippen LogP contribution in [0.4, 0.5) is 0 Å². The average molecular weight is 239 g/mol. The fraction of sp³-hybridized carbons (Fsp3) is 0.846. The second kappa shape index (κ2) is 4.31. The molecule has 1 saturated heterocycles. The lowest BCUT2D eigenvalue weighted by molar-refractivity contribution is -0.142. The van der Waals surface area contributed by atoms with E-state index in [1.807, 2.05) is 0 Å². The standard InChI is InChI=1S/C13H21NO3/c1-13(2)6-3-4-10(13)11(15)14-7-5-9(8-14)12(16)17/h9-10H,3-8H2,1-2H3,(H,16,17). The molecule has 1 amide bonds. The Labute approximate surface area is 102 Å². The van der Waals surface area contributed by atoms with Gasteiger partial charge in [0.25, 0.3) is 0 Å².